The Labute approximate surface area is 175 Å². The summed E-state index contributed by atoms with van der Waals surface area (Å²) in [5.74, 6) is 0.338. The van der Waals surface area contributed by atoms with Gasteiger partial charge in [0, 0.05) is 37.2 Å². The van der Waals surface area contributed by atoms with Crippen molar-refractivity contribution in [2.45, 2.75) is 44.6 Å². The van der Waals surface area contributed by atoms with Gasteiger partial charge in [0.2, 0.25) is 15.9 Å². The van der Waals surface area contributed by atoms with Gasteiger partial charge in [0.25, 0.3) is 0 Å². The summed E-state index contributed by atoms with van der Waals surface area (Å²) in [6.07, 6.45) is 0. The third-order valence-electron chi connectivity index (χ3n) is 4.98. The summed E-state index contributed by atoms with van der Waals surface area (Å²) >= 11 is 0. The van der Waals surface area contributed by atoms with Crippen LogP contribution in [0.5, 0.6) is 0 Å². The van der Waals surface area contributed by atoms with Crippen LogP contribution in [0.2, 0.25) is 0 Å². The highest BCUT2D eigenvalue weighted by Crippen LogP contribution is 2.20. The molecule has 1 amide bonds. The Morgan fingerprint density at radius 3 is 2.17 bits per heavy atom. The molecular weight excluding hydrogens is 408 g/mol. The molecule has 1 aromatic heterocycles. The maximum absolute atomic E-state index is 12.9. The Balaban J connectivity index is 1.63. The Morgan fingerprint density at radius 2 is 1.63 bits per heavy atom. The van der Waals surface area contributed by atoms with Crippen LogP contribution >= 0.6 is 0 Å². The second-order valence-corrected chi connectivity index (χ2v) is 10.2. The van der Waals surface area contributed by atoms with E-state index in [2.05, 4.69) is 15.5 Å². The molecule has 10 nitrogen and oxygen atoms in total. The highest BCUT2D eigenvalue weighted by atomic mass is 32.2. The second-order valence-electron chi connectivity index (χ2n) is 8.28. The Morgan fingerprint density at radius 1 is 1.03 bits per heavy atom. The fraction of sp³-hybridized carbons (Fsp3) is 0.526. The number of carbonyl (C=O) groups excluding carboxylic acids is 2. The maximum Gasteiger partial charge on any atom is 0.244 e. The Bertz CT molecular complexity index is 1030. The van der Waals surface area contributed by atoms with Crippen LogP contribution in [0, 0.1) is 0 Å². The van der Waals surface area contributed by atoms with E-state index in [1.807, 2.05) is 20.8 Å². The molecule has 1 fully saturated rings. The fourth-order valence-corrected chi connectivity index (χ4v) is 4.69. The molecule has 30 heavy (non-hydrogen) atoms. The number of piperazine rings is 1. The van der Waals surface area contributed by atoms with Crippen molar-refractivity contribution in [1.82, 2.24) is 29.4 Å². The molecule has 1 aliphatic heterocycles. The van der Waals surface area contributed by atoms with Crippen LogP contribution in [-0.2, 0) is 26.8 Å². The molecule has 0 spiro atoms. The first-order chi connectivity index (χ1) is 14.0. The lowest BCUT2D eigenvalue weighted by molar-refractivity contribution is -0.133. The average Bonchev–Trinajstić information content (AvgIpc) is 3.17. The molecule has 0 aliphatic carbocycles. The van der Waals surface area contributed by atoms with E-state index in [-0.39, 0.29) is 54.7 Å². The number of sulfonamides is 1. The van der Waals surface area contributed by atoms with Crippen molar-refractivity contribution in [2.75, 3.05) is 26.2 Å². The molecule has 1 aromatic carbocycles. The topological polar surface area (TPSA) is 118 Å². The average molecular weight is 435 g/mol. The number of rotatable bonds is 5. The maximum atomic E-state index is 12.9. The van der Waals surface area contributed by atoms with Crippen molar-refractivity contribution in [3.8, 4) is 0 Å². The van der Waals surface area contributed by atoms with Crippen molar-refractivity contribution >= 4 is 21.7 Å². The monoisotopic (exact) mass is 434 g/mol. The normalized spacial score (nSPS) is 15.9. The van der Waals surface area contributed by atoms with Crippen LogP contribution in [0.15, 0.2) is 29.2 Å². The lowest BCUT2D eigenvalue weighted by Gasteiger charge is -2.34. The van der Waals surface area contributed by atoms with E-state index in [4.69, 9.17) is 0 Å². The van der Waals surface area contributed by atoms with E-state index in [1.54, 1.807) is 4.90 Å². The third-order valence-corrected chi connectivity index (χ3v) is 6.89. The predicted octanol–water partition coefficient (Wildman–Crippen LogP) is 0.706. The van der Waals surface area contributed by atoms with E-state index < -0.39 is 10.0 Å². The van der Waals surface area contributed by atoms with Gasteiger partial charge in [-0.2, -0.15) is 4.31 Å². The van der Waals surface area contributed by atoms with Gasteiger partial charge in [-0.1, -0.05) is 32.9 Å². The van der Waals surface area contributed by atoms with Gasteiger partial charge in [-0.25, -0.2) is 13.1 Å². The minimum absolute atomic E-state index is 0.0128. The zero-order valence-corrected chi connectivity index (χ0v) is 18.4. The smallest absolute Gasteiger partial charge is 0.244 e. The number of ketones is 1. The first-order valence-corrected chi connectivity index (χ1v) is 11.1. The van der Waals surface area contributed by atoms with Crippen molar-refractivity contribution in [2.24, 2.45) is 0 Å². The van der Waals surface area contributed by atoms with Gasteiger partial charge in [-0.15, -0.1) is 5.10 Å². The van der Waals surface area contributed by atoms with Gasteiger partial charge in [0.05, 0.1) is 4.90 Å². The van der Waals surface area contributed by atoms with Gasteiger partial charge in [-0.05, 0) is 29.5 Å². The molecule has 0 bridgehead atoms. The van der Waals surface area contributed by atoms with E-state index in [1.165, 1.54) is 40.2 Å². The number of amides is 1. The van der Waals surface area contributed by atoms with E-state index in [0.717, 1.165) is 0 Å². The van der Waals surface area contributed by atoms with Crippen molar-refractivity contribution < 1.29 is 18.0 Å². The van der Waals surface area contributed by atoms with Gasteiger partial charge in [-0.3, -0.25) is 9.59 Å². The summed E-state index contributed by atoms with van der Waals surface area (Å²) < 4.78 is 28.6. The zero-order valence-electron chi connectivity index (χ0n) is 17.6. The first kappa shape index (κ1) is 22.0. The number of aromatic nitrogens is 4. The number of hydrogen-bond acceptors (Lipinski definition) is 7. The largest absolute Gasteiger partial charge is 0.338 e. The van der Waals surface area contributed by atoms with Crippen molar-refractivity contribution in [1.29, 1.82) is 0 Å². The van der Waals surface area contributed by atoms with Gasteiger partial charge in [0.15, 0.2) is 11.6 Å². The number of hydrogen-bond donors (Lipinski definition) is 0. The van der Waals surface area contributed by atoms with Crippen LogP contribution in [0.4, 0.5) is 0 Å². The summed E-state index contributed by atoms with van der Waals surface area (Å²) in [4.78, 5) is 25.8. The minimum Gasteiger partial charge on any atom is -0.338 e. The number of nitrogens with zero attached hydrogens (tertiary/aromatic N) is 6. The standard InChI is InChI=1S/C19H26N6O4S/c1-14(26)15-5-7-16(8-6-15)30(28,29)24-11-9-23(10-12-24)17(27)13-25-18(19(2,3)4)20-21-22-25/h5-8H,9-13H2,1-4H3. The van der Waals surface area contributed by atoms with Crippen molar-refractivity contribution in [3.05, 3.63) is 35.7 Å². The minimum atomic E-state index is -3.68. The van der Waals surface area contributed by atoms with E-state index in [9.17, 15) is 18.0 Å². The highest BCUT2D eigenvalue weighted by Gasteiger charge is 2.31. The van der Waals surface area contributed by atoms with Gasteiger partial charge < -0.3 is 4.90 Å². The first-order valence-electron chi connectivity index (χ1n) is 9.66. The van der Waals surface area contributed by atoms with Crippen LogP contribution in [-0.4, -0.2) is 75.7 Å². The molecule has 0 saturated carbocycles. The Kier molecular flexibility index (Phi) is 6.04. The van der Waals surface area contributed by atoms with Gasteiger partial charge >= 0.3 is 0 Å². The number of Topliss-reactive ketones (excluding diaryl/α,β-unsaturated/α-hetero) is 1. The SMILES string of the molecule is CC(=O)c1ccc(S(=O)(=O)N2CCN(C(=O)Cn3nnnc3C(C)(C)C)CC2)cc1. The predicted molar refractivity (Wildman–Crippen MR) is 108 cm³/mol. The molecule has 1 aliphatic rings. The molecule has 0 N–H and O–H groups in total. The molecule has 0 radical (unpaired) electrons. The number of benzene rings is 1. The van der Waals surface area contributed by atoms with Crippen LogP contribution in [0.1, 0.15) is 43.9 Å². The Hall–Kier alpha value is -2.66. The zero-order chi connectivity index (χ0) is 22.1. The summed E-state index contributed by atoms with van der Waals surface area (Å²) in [5, 5.41) is 11.6. The highest BCUT2D eigenvalue weighted by molar-refractivity contribution is 7.89. The lowest BCUT2D eigenvalue weighted by atomic mass is 9.96. The quantitative estimate of drug-likeness (QED) is 0.636. The third kappa shape index (κ3) is 4.57. The summed E-state index contributed by atoms with van der Waals surface area (Å²) in [6, 6.07) is 5.90. The van der Waals surface area contributed by atoms with Crippen molar-refractivity contribution in [3.63, 3.8) is 0 Å². The molecular formula is C19H26N6O4S. The molecule has 3 rings (SSSR count). The molecule has 1 saturated heterocycles. The molecule has 2 aromatic rings. The molecule has 2 heterocycles. The fourth-order valence-electron chi connectivity index (χ4n) is 3.26. The van der Waals surface area contributed by atoms with E-state index >= 15 is 0 Å². The van der Waals surface area contributed by atoms with E-state index in [0.29, 0.717) is 11.4 Å². The molecule has 0 unspecified atom stereocenters. The molecule has 11 heteroatoms. The van der Waals surface area contributed by atoms with Gasteiger partial charge in [0.1, 0.15) is 6.54 Å². The molecule has 0 atom stereocenters. The van der Waals surface area contributed by atoms with Crippen LogP contribution in [0.25, 0.3) is 0 Å². The number of carbonyl (C=O) groups is 2. The lowest BCUT2D eigenvalue weighted by Crippen LogP contribution is -2.51. The summed E-state index contributed by atoms with van der Waals surface area (Å²) in [7, 11) is -3.68. The van der Waals surface area contributed by atoms with Crippen LogP contribution < -0.4 is 0 Å². The second kappa shape index (κ2) is 8.23. The number of tetrazole rings is 1. The van der Waals surface area contributed by atoms with Crippen LogP contribution in [0.3, 0.4) is 0 Å². The molecule has 162 valence electrons. The summed E-state index contributed by atoms with van der Waals surface area (Å²) in [5.41, 5.74) is 0.163. The summed E-state index contributed by atoms with van der Waals surface area (Å²) in [6.45, 7) is 8.31.